The first-order valence-corrected chi connectivity index (χ1v) is 8.63. The molecule has 0 saturated carbocycles. The van der Waals surface area contributed by atoms with Gasteiger partial charge in [-0.25, -0.2) is 4.79 Å². The fourth-order valence-electron chi connectivity index (χ4n) is 3.05. The van der Waals surface area contributed by atoms with Crippen LogP contribution >= 0.6 is 0 Å². The Bertz CT molecular complexity index is 1040. The number of carboxylic acids is 1. The van der Waals surface area contributed by atoms with Gasteiger partial charge in [-0.3, -0.25) is 10.1 Å². The maximum absolute atomic E-state index is 12.0. The van der Waals surface area contributed by atoms with Gasteiger partial charge in [0.15, 0.2) is 0 Å². The molecule has 3 N–H and O–H groups in total. The molecule has 3 rings (SSSR count). The molecule has 3 aromatic rings. The number of hydrogen-bond donors (Lipinski definition) is 3. The second kappa shape index (κ2) is 7.63. The molecule has 0 saturated heterocycles. The number of aryl methyl sites for hydroxylation is 1. The van der Waals surface area contributed by atoms with Gasteiger partial charge in [-0.15, -0.1) is 0 Å². The highest BCUT2D eigenvalue weighted by Gasteiger charge is 2.20. The Balaban J connectivity index is 1.92. The van der Waals surface area contributed by atoms with Crippen LogP contribution in [0.5, 0.6) is 5.75 Å². The highest BCUT2D eigenvalue weighted by Crippen LogP contribution is 2.29. The van der Waals surface area contributed by atoms with Crippen LogP contribution in [0.3, 0.4) is 0 Å². The van der Waals surface area contributed by atoms with Crippen LogP contribution in [0.25, 0.3) is 11.0 Å². The van der Waals surface area contributed by atoms with E-state index in [1.807, 2.05) is 37.3 Å². The van der Waals surface area contributed by atoms with E-state index in [9.17, 15) is 19.8 Å². The molecule has 6 nitrogen and oxygen atoms in total. The SMILES string of the molecule is Cc1c(C)c2ccc(O)c(CNC(Cc3ccccc3)C(=O)O)c2oc1=O. The number of phenols is 1. The van der Waals surface area contributed by atoms with Crippen molar-refractivity contribution in [3.8, 4) is 5.75 Å². The number of fused-ring (bicyclic) bond motifs is 1. The summed E-state index contributed by atoms with van der Waals surface area (Å²) in [6.07, 6.45) is 0.295. The molecule has 1 atom stereocenters. The molecule has 0 aliphatic heterocycles. The molecule has 2 aromatic carbocycles. The molecule has 0 fully saturated rings. The lowest BCUT2D eigenvalue weighted by Gasteiger charge is -2.16. The zero-order valence-corrected chi connectivity index (χ0v) is 15.2. The summed E-state index contributed by atoms with van der Waals surface area (Å²) in [6, 6.07) is 11.7. The Morgan fingerprint density at radius 2 is 1.81 bits per heavy atom. The molecule has 0 amide bonds. The van der Waals surface area contributed by atoms with Gasteiger partial charge < -0.3 is 14.6 Å². The van der Waals surface area contributed by atoms with Gasteiger partial charge in [0.25, 0.3) is 0 Å². The Kier molecular flexibility index (Phi) is 5.28. The lowest BCUT2D eigenvalue weighted by atomic mass is 10.0. The standard InChI is InChI=1S/C21H21NO5/c1-12-13(2)21(26)27-19-15(12)8-9-18(23)16(19)11-22-17(20(24)25)10-14-6-4-3-5-7-14/h3-9,17,22-23H,10-11H2,1-2H3,(H,24,25). The minimum atomic E-state index is -0.993. The topological polar surface area (TPSA) is 99.8 Å². The fraction of sp³-hybridized carbons (Fsp3) is 0.238. The number of rotatable bonds is 6. The van der Waals surface area contributed by atoms with E-state index >= 15 is 0 Å². The maximum Gasteiger partial charge on any atom is 0.339 e. The van der Waals surface area contributed by atoms with E-state index in [-0.39, 0.29) is 17.9 Å². The Hall–Kier alpha value is -3.12. The van der Waals surface area contributed by atoms with Crippen molar-refractivity contribution in [2.45, 2.75) is 32.9 Å². The molecule has 27 heavy (non-hydrogen) atoms. The highest BCUT2D eigenvalue weighted by molar-refractivity contribution is 5.85. The lowest BCUT2D eigenvalue weighted by molar-refractivity contribution is -0.139. The van der Waals surface area contributed by atoms with E-state index in [0.29, 0.717) is 17.5 Å². The minimum absolute atomic E-state index is 0.0507. The smallest absolute Gasteiger partial charge is 0.339 e. The van der Waals surface area contributed by atoms with Crippen molar-refractivity contribution in [3.05, 3.63) is 75.1 Å². The van der Waals surface area contributed by atoms with Crippen LogP contribution in [-0.4, -0.2) is 22.2 Å². The highest BCUT2D eigenvalue weighted by atomic mass is 16.4. The van der Waals surface area contributed by atoms with Crippen LogP contribution in [0.1, 0.15) is 22.3 Å². The van der Waals surface area contributed by atoms with Gasteiger partial charge in [0.05, 0.1) is 5.56 Å². The van der Waals surface area contributed by atoms with Gasteiger partial charge in [-0.2, -0.15) is 0 Å². The van der Waals surface area contributed by atoms with E-state index in [1.165, 1.54) is 6.07 Å². The van der Waals surface area contributed by atoms with Crippen LogP contribution in [0.15, 0.2) is 51.7 Å². The third-order valence-electron chi connectivity index (χ3n) is 4.81. The number of phenolic OH excluding ortho intramolecular Hbond substituents is 1. The summed E-state index contributed by atoms with van der Waals surface area (Å²) in [4.78, 5) is 23.7. The number of aromatic hydroxyl groups is 1. The summed E-state index contributed by atoms with van der Waals surface area (Å²) in [5.41, 5.74) is 2.36. The molecule has 0 aliphatic rings. The monoisotopic (exact) mass is 367 g/mol. The van der Waals surface area contributed by atoms with Crippen LogP contribution < -0.4 is 10.9 Å². The Morgan fingerprint density at radius 1 is 1.11 bits per heavy atom. The van der Waals surface area contributed by atoms with E-state index in [4.69, 9.17) is 4.42 Å². The molecule has 1 heterocycles. The summed E-state index contributed by atoms with van der Waals surface area (Å²) in [5, 5.41) is 23.4. The van der Waals surface area contributed by atoms with Gasteiger partial charge in [0.1, 0.15) is 17.4 Å². The average molecular weight is 367 g/mol. The Morgan fingerprint density at radius 3 is 2.48 bits per heavy atom. The van der Waals surface area contributed by atoms with Crippen LogP contribution in [0.4, 0.5) is 0 Å². The van der Waals surface area contributed by atoms with E-state index in [0.717, 1.165) is 16.5 Å². The van der Waals surface area contributed by atoms with Crippen LogP contribution in [0, 0.1) is 13.8 Å². The molecule has 0 spiro atoms. The van der Waals surface area contributed by atoms with Crippen LogP contribution in [-0.2, 0) is 17.8 Å². The fourth-order valence-corrected chi connectivity index (χ4v) is 3.05. The number of carboxylic acid groups (broad SMARTS) is 1. The van der Waals surface area contributed by atoms with Gasteiger partial charge in [-0.1, -0.05) is 30.3 Å². The molecule has 6 heteroatoms. The lowest BCUT2D eigenvalue weighted by Crippen LogP contribution is -2.38. The van der Waals surface area contributed by atoms with Gasteiger partial charge in [0.2, 0.25) is 0 Å². The molecular formula is C21H21NO5. The number of carbonyl (C=O) groups is 1. The zero-order valence-electron chi connectivity index (χ0n) is 15.2. The number of hydrogen-bond acceptors (Lipinski definition) is 5. The average Bonchev–Trinajstić information content (AvgIpc) is 2.65. The van der Waals surface area contributed by atoms with Gasteiger partial charge in [-0.05, 0) is 43.5 Å². The third kappa shape index (κ3) is 3.85. The zero-order chi connectivity index (χ0) is 19.6. The summed E-state index contributed by atoms with van der Waals surface area (Å²) >= 11 is 0. The quantitative estimate of drug-likeness (QED) is 0.579. The summed E-state index contributed by atoms with van der Waals surface area (Å²) < 4.78 is 5.39. The number of aliphatic carboxylic acids is 1. The Labute approximate surface area is 156 Å². The van der Waals surface area contributed by atoms with Crippen LogP contribution in [0.2, 0.25) is 0 Å². The van der Waals surface area contributed by atoms with Crippen molar-refractivity contribution in [2.75, 3.05) is 0 Å². The van der Waals surface area contributed by atoms with Crippen molar-refractivity contribution in [1.82, 2.24) is 5.32 Å². The largest absolute Gasteiger partial charge is 0.507 e. The predicted octanol–water partition coefficient (Wildman–Crippen LogP) is 2.90. The molecule has 1 unspecified atom stereocenters. The minimum Gasteiger partial charge on any atom is -0.507 e. The van der Waals surface area contributed by atoms with Crippen molar-refractivity contribution in [3.63, 3.8) is 0 Å². The van der Waals surface area contributed by atoms with E-state index in [1.54, 1.807) is 13.0 Å². The van der Waals surface area contributed by atoms with Crippen molar-refractivity contribution >= 4 is 16.9 Å². The predicted molar refractivity (Wildman–Crippen MR) is 102 cm³/mol. The summed E-state index contributed by atoms with van der Waals surface area (Å²) in [5.74, 6) is -1.04. The maximum atomic E-state index is 12.0. The van der Waals surface area contributed by atoms with Crippen molar-refractivity contribution in [1.29, 1.82) is 0 Å². The molecule has 0 bridgehead atoms. The molecule has 0 aliphatic carbocycles. The van der Waals surface area contributed by atoms with Crippen molar-refractivity contribution < 1.29 is 19.4 Å². The normalized spacial score (nSPS) is 12.2. The molecule has 140 valence electrons. The molecule has 1 aromatic heterocycles. The van der Waals surface area contributed by atoms with E-state index in [2.05, 4.69) is 5.32 Å². The first-order chi connectivity index (χ1) is 12.9. The third-order valence-corrected chi connectivity index (χ3v) is 4.81. The number of benzene rings is 2. The molecular weight excluding hydrogens is 346 g/mol. The van der Waals surface area contributed by atoms with E-state index < -0.39 is 17.6 Å². The first kappa shape index (κ1) is 18.7. The molecule has 0 radical (unpaired) electrons. The summed E-state index contributed by atoms with van der Waals surface area (Å²) in [6.45, 7) is 3.56. The van der Waals surface area contributed by atoms with Gasteiger partial charge in [0, 0.05) is 17.5 Å². The van der Waals surface area contributed by atoms with Gasteiger partial charge >= 0.3 is 11.6 Å². The summed E-state index contributed by atoms with van der Waals surface area (Å²) in [7, 11) is 0. The number of nitrogens with one attached hydrogen (secondary N) is 1. The second-order valence-corrected chi connectivity index (χ2v) is 6.54. The second-order valence-electron chi connectivity index (χ2n) is 6.54. The first-order valence-electron chi connectivity index (χ1n) is 8.63. The van der Waals surface area contributed by atoms with Crippen molar-refractivity contribution in [2.24, 2.45) is 0 Å².